The molecule has 4 aromatic carbocycles. The molecule has 0 aromatic heterocycles. The van der Waals surface area contributed by atoms with Crippen molar-refractivity contribution in [3.05, 3.63) is 143 Å². The van der Waals surface area contributed by atoms with E-state index < -0.39 is 29.6 Å². The monoisotopic (exact) mass is 692 g/mol. The second kappa shape index (κ2) is 18.2. The maximum Gasteiger partial charge on any atom is 0.335 e. The minimum absolute atomic E-state index is 0.0533. The van der Waals surface area contributed by atoms with Crippen LogP contribution in [0.3, 0.4) is 0 Å². The first kappa shape index (κ1) is 36.4. The molecule has 0 aliphatic carbocycles. The van der Waals surface area contributed by atoms with Crippen LogP contribution < -0.4 is 21.7 Å². The summed E-state index contributed by atoms with van der Waals surface area (Å²) in [6, 6.07) is 34.0. The van der Waals surface area contributed by atoms with Crippen LogP contribution in [0.1, 0.15) is 32.6 Å². The molecule has 1 aliphatic rings. The minimum Gasteiger partial charge on any atom is -0.478 e. The molecule has 0 saturated carbocycles. The lowest BCUT2D eigenvalue weighted by atomic mass is 10.1. The van der Waals surface area contributed by atoms with E-state index >= 15 is 0 Å². The van der Waals surface area contributed by atoms with Crippen molar-refractivity contribution >= 4 is 29.6 Å². The fourth-order valence-corrected chi connectivity index (χ4v) is 5.46. The lowest BCUT2D eigenvalue weighted by Gasteiger charge is -2.30. The molecule has 5 rings (SSSR count). The molecule has 264 valence electrons. The molecular weight excluding hydrogens is 652 g/mol. The Labute approximate surface area is 295 Å². The van der Waals surface area contributed by atoms with Crippen LogP contribution >= 0.6 is 0 Å². The molecule has 1 aliphatic heterocycles. The number of amides is 4. The molecule has 4 amide bonds. The van der Waals surface area contributed by atoms with Gasteiger partial charge in [-0.15, -0.1) is 0 Å². The van der Waals surface area contributed by atoms with Gasteiger partial charge in [0.05, 0.1) is 31.7 Å². The van der Waals surface area contributed by atoms with E-state index in [0.29, 0.717) is 5.56 Å². The second-order valence-corrected chi connectivity index (χ2v) is 12.0. The van der Waals surface area contributed by atoms with Crippen LogP contribution in [0.5, 0.6) is 0 Å². The Morgan fingerprint density at radius 2 is 0.686 bits per heavy atom. The van der Waals surface area contributed by atoms with Gasteiger partial charge in [-0.2, -0.15) is 0 Å². The number of benzene rings is 4. The maximum absolute atomic E-state index is 13.6. The van der Waals surface area contributed by atoms with Crippen molar-refractivity contribution in [3.63, 3.8) is 0 Å². The molecule has 14 nitrogen and oxygen atoms in total. The maximum atomic E-state index is 13.6. The zero-order valence-corrected chi connectivity index (χ0v) is 27.9. The number of carbonyl (C=O) groups is 5. The smallest absolute Gasteiger partial charge is 0.335 e. The van der Waals surface area contributed by atoms with Crippen molar-refractivity contribution in [1.82, 2.24) is 41.7 Å². The summed E-state index contributed by atoms with van der Waals surface area (Å²) in [5, 5.41) is 15.1. The number of aromatic carboxylic acids is 1. The number of hydrogen-bond donors (Lipinski definition) is 5. The Bertz CT molecular complexity index is 1700. The number of hydrogen-bond acceptors (Lipinski definition) is 9. The summed E-state index contributed by atoms with van der Waals surface area (Å²) in [5.74, 6) is -3.03. The molecule has 0 radical (unpaired) electrons. The molecule has 1 saturated heterocycles. The van der Waals surface area contributed by atoms with Gasteiger partial charge in [-0.05, 0) is 34.4 Å². The third-order valence-corrected chi connectivity index (χ3v) is 7.69. The second-order valence-electron chi connectivity index (χ2n) is 12.0. The quantitative estimate of drug-likeness (QED) is 0.175. The number of rotatable bonds is 9. The highest BCUT2D eigenvalue weighted by molar-refractivity contribution is 5.87. The first-order valence-corrected chi connectivity index (χ1v) is 16.3. The summed E-state index contributed by atoms with van der Waals surface area (Å²) in [7, 11) is 0. The van der Waals surface area contributed by atoms with Crippen molar-refractivity contribution < 1.29 is 29.1 Å². The Hall–Kier alpha value is -5.93. The van der Waals surface area contributed by atoms with E-state index in [2.05, 4.69) is 21.7 Å². The van der Waals surface area contributed by atoms with Gasteiger partial charge in [-0.1, -0.05) is 103 Å². The number of nitrogens with zero attached hydrogens (tertiary/aromatic N) is 4. The number of carbonyl (C=O) groups excluding carboxylic acids is 4. The predicted octanol–water partition coefficient (Wildman–Crippen LogP) is 1.83. The van der Waals surface area contributed by atoms with E-state index in [1.807, 2.05) is 91.0 Å². The van der Waals surface area contributed by atoms with E-state index in [9.17, 15) is 29.1 Å². The Morgan fingerprint density at radius 3 is 0.941 bits per heavy atom. The van der Waals surface area contributed by atoms with Gasteiger partial charge >= 0.3 is 5.97 Å². The van der Waals surface area contributed by atoms with Crippen molar-refractivity contribution in [2.75, 3.05) is 26.2 Å². The van der Waals surface area contributed by atoms with Crippen LogP contribution in [-0.4, -0.2) is 80.9 Å². The average molecular weight is 693 g/mol. The van der Waals surface area contributed by atoms with Gasteiger partial charge in [0.15, 0.2) is 0 Å². The minimum atomic E-state index is -1.08. The first-order chi connectivity index (χ1) is 24.7. The van der Waals surface area contributed by atoms with Crippen LogP contribution in [0.4, 0.5) is 0 Å². The molecule has 0 unspecified atom stereocenters. The summed E-state index contributed by atoms with van der Waals surface area (Å²) >= 11 is 0. The molecule has 1 heterocycles. The van der Waals surface area contributed by atoms with E-state index in [1.54, 1.807) is 12.1 Å². The van der Waals surface area contributed by atoms with Gasteiger partial charge in [-0.3, -0.25) is 40.9 Å². The summed E-state index contributed by atoms with van der Waals surface area (Å²) in [6.07, 6.45) is 0. The van der Waals surface area contributed by atoms with Crippen LogP contribution in [-0.2, 0) is 45.4 Å². The molecule has 1 fully saturated rings. The highest BCUT2D eigenvalue weighted by atomic mass is 16.4. The first-order valence-electron chi connectivity index (χ1n) is 16.3. The topological polar surface area (TPSA) is 167 Å². The zero-order chi connectivity index (χ0) is 36.0. The van der Waals surface area contributed by atoms with Crippen LogP contribution in [0.25, 0.3) is 0 Å². The third-order valence-electron chi connectivity index (χ3n) is 7.69. The number of carboxylic acids is 1. The summed E-state index contributed by atoms with van der Waals surface area (Å²) in [5.41, 5.74) is 14.5. The van der Waals surface area contributed by atoms with Gasteiger partial charge < -0.3 is 5.11 Å². The number of hydrazine groups is 4. The van der Waals surface area contributed by atoms with Gasteiger partial charge in [0.25, 0.3) is 0 Å². The lowest BCUT2D eigenvalue weighted by molar-refractivity contribution is -0.137. The Balaban J connectivity index is 1.42. The van der Waals surface area contributed by atoms with E-state index in [-0.39, 0.29) is 57.9 Å². The average Bonchev–Trinajstić information content (AvgIpc) is 3.09. The van der Waals surface area contributed by atoms with E-state index in [0.717, 1.165) is 16.7 Å². The molecule has 0 atom stereocenters. The van der Waals surface area contributed by atoms with Gasteiger partial charge in [0.2, 0.25) is 23.6 Å². The number of carboxylic acid groups (broad SMARTS) is 1. The fraction of sp³-hybridized carbons (Fsp3) is 0.216. The Morgan fingerprint density at radius 1 is 0.431 bits per heavy atom. The number of nitrogens with one attached hydrogen (secondary N) is 4. The van der Waals surface area contributed by atoms with Crippen LogP contribution in [0, 0.1) is 0 Å². The van der Waals surface area contributed by atoms with Crippen LogP contribution in [0.2, 0.25) is 0 Å². The van der Waals surface area contributed by atoms with Gasteiger partial charge in [0.1, 0.15) is 0 Å². The Kier molecular flexibility index (Phi) is 13.0. The molecule has 0 spiro atoms. The highest BCUT2D eigenvalue weighted by Gasteiger charge is 2.24. The predicted molar refractivity (Wildman–Crippen MR) is 187 cm³/mol. The molecular formula is C37H40N8O6. The van der Waals surface area contributed by atoms with Crippen LogP contribution in [0.15, 0.2) is 115 Å². The molecule has 5 N–H and O–H groups in total. The highest BCUT2D eigenvalue weighted by Crippen LogP contribution is 2.09. The van der Waals surface area contributed by atoms with Crippen molar-refractivity contribution in [3.8, 4) is 0 Å². The van der Waals surface area contributed by atoms with E-state index in [4.69, 9.17) is 0 Å². The molecule has 14 heteroatoms. The summed E-state index contributed by atoms with van der Waals surface area (Å²) in [4.78, 5) is 65.5. The third kappa shape index (κ3) is 12.2. The van der Waals surface area contributed by atoms with Gasteiger partial charge in [0, 0.05) is 26.2 Å². The summed E-state index contributed by atoms with van der Waals surface area (Å²) < 4.78 is 0. The molecule has 51 heavy (non-hydrogen) atoms. The lowest BCUT2D eigenvalue weighted by Crippen LogP contribution is -2.57. The van der Waals surface area contributed by atoms with Crippen molar-refractivity contribution in [2.45, 2.75) is 26.2 Å². The normalized spacial score (nSPS) is 16.5. The van der Waals surface area contributed by atoms with Gasteiger partial charge in [-0.25, -0.2) is 24.8 Å². The largest absolute Gasteiger partial charge is 0.478 e. The molecule has 0 bridgehead atoms. The zero-order valence-electron chi connectivity index (χ0n) is 27.9. The fourth-order valence-electron chi connectivity index (χ4n) is 5.46. The standard InChI is InChI=1S/C37H40N8O6/c46-33-24-42(20-28-10-4-1-5-11-28)38-34(47)25-43(21-29-12-6-2-7-13-29)40-36(49)27-45(23-31-16-18-32(19-17-31)37(50)51)41-35(48)26-44(39-33)22-30-14-8-3-9-15-30/h1-19H,20-27H2,(H,38,47)(H,39,46)(H,40,49)(H,41,48)(H,50,51). The molecule has 4 aromatic rings. The van der Waals surface area contributed by atoms with Crippen molar-refractivity contribution in [1.29, 1.82) is 0 Å². The van der Waals surface area contributed by atoms with E-state index in [1.165, 1.54) is 32.2 Å². The SMILES string of the molecule is O=C1CN(Cc2ccccc2)NC(=O)CN(Cc2ccc(C(=O)O)cc2)NC(=O)CN(Cc2ccccc2)NC(=O)CN(Cc2ccccc2)N1. The van der Waals surface area contributed by atoms with Crippen molar-refractivity contribution in [2.24, 2.45) is 0 Å². The summed E-state index contributed by atoms with van der Waals surface area (Å²) in [6.45, 7) is -0.433.